The summed E-state index contributed by atoms with van der Waals surface area (Å²) in [6.45, 7) is 6.34. The third kappa shape index (κ3) is 6.32. The van der Waals surface area contributed by atoms with Crippen LogP contribution in [0.1, 0.15) is 18.1 Å². The summed E-state index contributed by atoms with van der Waals surface area (Å²) < 4.78 is 27.4. The Hall–Kier alpha value is -2.84. The van der Waals surface area contributed by atoms with Gasteiger partial charge in [0.25, 0.3) is 10.0 Å². The normalized spacial score (nSPS) is 11.2. The van der Waals surface area contributed by atoms with Crippen LogP contribution in [0.2, 0.25) is 0 Å². The van der Waals surface area contributed by atoms with Crippen molar-refractivity contribution < 1.29 is 13.2 Å². The highest BCUT2D eigenvalue weighted by Gasteiger charge is 2.15. The van der Waals surface area contributed by atoms with E-state index in [9.17, 15) is 13.2 Å². The lowest BCUT2D eigenvalue weighted by molar-refractivity contribution is -0.120. The second-order valence-electron chi connectivity index (χ2n) is 7.13. The Kier molecular flexibility index (Phi) is 7.70. The minimum atomic E-state index is -3.57. The maximum absolute atomic E-state index is 12.3. The third-order valence-corrected chi connectivity index (χ3v) is 7.65. The molecule has 164 valence electrons. The quantitative estimate of drug-likeness (QED) is 0.482. The van der Waals surface area contributed by atoms with Crippen LogP contribution in [-0.4, -0.2) is 34.0 Å². The summed E-state index contributed by atoms with van der Waals surface area (Å²) in [5.74, 6) is -0.0623. The average Bonchev–Trinajstić information content (AvgIpc) is 3.29. The number of thiophene rings is 1. The SMILES string of the molecule is CCN(CCNC(=O)Cc1ccc(NS(=O)(=O)c2cccs2)cc1)c1ccccc1C. The first-order chi connectivity index (χ1) is 14.9. The molecule has 0 fully saturated rings. The summed E-state index contributed by atoms with van der Waals surface area (Å²) in [7, 11) is -3.57. The molecule has 0 atom stereocenters. The number of anilines is 2. The molecule has 3 aromatic rings. The molecular formula is C23H27N3O3S2. The van der Waals surface area contributed by atoms with Gasteiger partial charge in [-0.15, -0.1) is 11.3 Å². The van der Waals surface area contributed by atoms with Crippen LogP contribution in [0.4, 0.5) is 11.4 Å². The van der Waals surface area contributed by atoms with E-state index in [1.165, 1.54) is 11.3 Å². The fourth-order valence-corrected chi connectivity index (χ4v) is 5.31. The number of carbonyl (C=O) groups is 1. The lowest BCUT2D eigenvalue weighted by atomic mass is 10.1. The largest absolute Gasteiger partial charge is 0.370 e. The zero-order valence-electron chi connectivity index (χ0n) is 17.7. The Morgan fingerprint density at radius 1 is 1.03 bits per heavy atom. The molecule has 3 rings (SSSR count). The summed E-state index contributed by atoms with van der Waals surface area (Å²) in [4.78, 5) is 14.6. The van der Waals surface area contributed by atoms with Crippen LogP contribution in [0.3, 0.4) is 0 Å². The number of sulfonamides is 1. The van der Waals surface area contributed by atoms with Crippen LogP contribution in [0.5, 0.6) is 0 Å². The third-order valence-electron chi connectivity index (χ3n) is 4.87. The average molecular weight is 458 g/mol. The number of hydrogen-bond donors (Lipinski definition) is 2. The van der Waals surface area contributed by atoms with Gasteiger partial charge < -0.3 is 10.2 Å². The van der Waals surface area contributed by atoms with Crippen LogP contribution in [0.15, 0.2) is 70.3 Å². The smallest absolute Gasteiger partial charge is 0.271 e. The van der Waals surface area contributed by atoms with Crippen LogP contribution >= 0.6 is 11.3 Å². The number of benzene rings is 2. The highest BCUT2D eigenvalue weighted by Crippen LogP contribution is 2.21. The number of nitrogens with one attached hydrogen (secondary N) is 2. The van der Waals surface area contributed by atoms with Gasteiger partial charge in [0.1, 0.15) is 4.21 Å². The monoisotopic (exact) mass is 457 g/mol. The molecule has 0 saturated heterocycles. The first kappa shape index (κ1) is 22.8. The molecule has 0 bridgehead atoms. The molecule has 6 nitrogen and oxygen atoms in total. The van der Waals surface area contributed by atoms with E-state index in [0.29, 0.717) is 12.2 Å². The van der Waals surface area contributed by atoms with Crippen molar-refractivity contribution in [1.82, 2.24) is 5.32 Å². The van der Waals surface area contributed by atoms with E-state index in [-0.39, 0.29) is 16.5 Å². The molecule has 0 aliphatic heterocycles. The van der Waals surface area contributed by atoms with Crippen molar-refractivity contribution in [2.75, 3.05) is 29.3 Å². The molecule has 0 aliphatic carbocycles. The maximum atomic E-state index is 12.3. The van der Waals surface area contributed by atoms with Crippen molar-refractivity contribution in [1.29, 1.82) is 0 Å². The second kappa shape index (κ2) is 10.5. The predicted molar refractivity (Wildman–Crippen MR) is 127 cm³/mol. The van der Waals surface area contributed by atoms with Gasteiger partial charge >= 0.3 is 0 Å². The van der Waals surface area contributed by atoms with E-state index in [0.717, 1.165) is 30.0 Å². The van der Waals surface area contributed by atoms with Gasteiger partial charge in [-0.05, 0) is 54.6 Å². The highest BCUT2D eigenvalue weighted by atomic mass is 32.2. The molecule has 1 heterocycles. The fourth-order valence-electron chi connectivity index (χ4n) is 3.26. The summed E-state index contributed by atoms with van der Waals surface area (Å²) in [5.41, 5.74) is 3.68. The molecule has 2 N–H and O–H groups in total. The fraction of sp³-hybridized carbons (Fsp3) is 0.261. The summed E-state index contributed by atoms with van der Waals surface area (Å²) in [6, 6.07) is 18.3. The van der Waals surface area contributed by atoms with Gasteiger partial charge in [0.05, 0.1) is 6.42 Å². The second-order valence-corrected chi connectivity index (χ2v) is 9.98. The van der Waals surface area contributed by atoms with E-state index in [4.69, 9.17) is 0 Å². The molecule has 1 aromatic heterocycles. The van der Waals surface area contributed by atoms with Crippen LogP contribution in [0, 0.1) is 6.92 Å². The van der Waals surface area contributed by atoms with Crippen LogP contribution in [-0.2, 0) is 21.2 Å². The Bertz CT molecular complexity index is 1100. The topological polar surface area (TPSA) is 78.5 Å². The number of rotatable bonds is 10. The number of likely N-dealkylation sites (N-methyl/N-ethyl adjacent to an activating group) is 1. The van der Waals surface area contributed by atoms with Crippen molar-refractivity contribution in [3.8, 4) is 0 Å². The van der Waals surface area contributed by atoms with Gasteiger partial charge in [-0.2, -0.15) is 0 Å². The zero-order valence-corrected chi connectivity index (χ0v) is 19.3. The highest BCUT2D eigenvalue weighted by molar-refractivity contribution is 7.94. The molecule has 31 heavy (non-hydrogen) atoms. The summed E-state index contributed by atoms with van der Waals surface area (Å²) in [5, 5.41) is 4.69. The van der Waals surface area contributed by atoms with Gasteiger partial charge in [0.15, 0.2) is 0 Å². The van der Waals surface area contributed by atoms with Crippen molar-refractivity contribution in [3.63, 3.8) is 0 Å². The van der Waals surface area contributed by atoms with Crippen LogP contribution in [0.25, 0.3) is 0 Å². The first-order valence-electron chi connectivity index (χ1n) is 10.1. The molecule has 8 heteroatoms. The van der Waals surface area contributed by atoms with E-state index in [2.05, 4.69) is 40.9 Å². The zero-order chi connectivity index (χ0) is 22.3. The van der Waals surface area contributed by atoms with Gasteiger partial charge in [-0.25, -0.2) is 8.42 Å². The van der Waals surface area contributed by atoms with Gasteiger partial charge in [-0.3, -0.25) is 9.52 Å². The number of aryl methyl sites for hydroxylation is 1. The maximum Gasteiger partial charge on any atom is 0.271 e. The molecular weight excluding hydrogens is 430 g/mol. The molecule has 0 spiro atoms. The van der Waals surface area contributed by atoms with Crippen molar-refractivity contribution >= 4 is 38.6 Å². The van der Waals surface area contributed by atoms with Crippen molar-refractivity contribution in [3.05, 3.63) is 77.2 Å². The molecule has 0 aliphatic rings. The Balaban J connectivity index is 1.49. The molecule has 0 saturated carbocycles. The van der Waals surface area contributed by atoms with E-state index < -0.39 is 10.0 Å². The van der Waals surface area contributed by atoms with Crippen LogP contribution < -0.4 is 14.9 Å². The minimum absolute atomic E-state index is 0.0623. The number of hydrogen-bond acceptors (Lipinski definition) is 5. The number of nitrogens with zero attached hydrogens (tertiary/aromatic N) is 1. The van der Waals surface area contributed by atoms with Gasteiger partial charge in [0.2, 0.25) is 5.91 Å². The van der Waals surface area contributed by atoms with Gasteiger partial charge in [0, 0.05) is 31.0 Å². The van der Waals surface area contributed by atoms with Crippen molar-refractivity contribution in [2.24, 2.45) is 0 Å². The van der Waals surface area contributed by atoms with E-state index in [1.54, 1.807) is 41.8 Å². The number of amides is 1. The first-order valence-corrected chi connectivity index (χ1v) is 12.5. The number of para-hydroxylation sites is 1. The Morgan fingerprint density at radius 2 is 1.77 bits per heavy atom. The van der Waals surface area contributed by atoms with Crippen molar-refractivity contribution in [2.45, 2.75) is 24.5 Å². The molecule has 1 amide bonds. The predicted octanol–water partition coefficient (Wildman–Crippen LogP) is 4.04. The Labute approximate surface area is 188 Å². The summed E-state index contributed by atoms with van der Waals surface area (Å²) in [6.07, 6.45) is 0.244. The molecule has 0 radical (unpaired) electrons. The van der Waals surface area contributed by atoms with E-state index >= 15 is 0 Å². The van der Waals surface area contributed by atoms with E-state index in [1.807, 2.05) is 12.1 Å². The van der Waals surface area contributed by atoms with Gasteiger partial charge in [-0.1, -0.05) is 36.4 Å². The molecule has 0 unspecified atom stereocenters. The number of carbonyl (C=O) groups excluding carboxylic acids is 1. The lowest BCUT2D eigenvalue weighted by Gasteiger charge is -2.25. The standard InChI is InChI=1S/C23H27N3O3S2/c1-3-26(21-8-5-4-7-18(21)2)15-14-24-22(27)17-19-10-12-20(13-11-19)25-31(28,29)23-9-6-16-30-23/h4-13,16,25H,3,14-15,17H2,1-2H3,(H,24,27). The lowest BCUT2D eigenvalue weighted by Crippen LogP contribution is -2.35. The summed E-state index contributed by atoms with van der Waals surface area (Å²) >= 11 is 1.16. The minimum Gasteiger partial charge on any atom is -0.370 e. The molecule has 2 aromatic carbocycles. The Morgan fingerprint density at radius 3 is 2.42 bits per heavy atom.